The highest BCUT2D eigenvalue weighted by molar-refractivity contribution is 5.97. The lowest BCUT2D eigenvalue weighted by molar-refractivity contribution is 0.0951. The van der Waals surface area contributed by atoms with Gasteiger partial charge in [-0.05, 0) is 57.0 Å². The summed E-state index contributed by atoms with van der Waals surface area (Å²) in [5, 5.41) is 2.99. The quantitative estimate of drug-likeness (QED) is 0.799. The van der Waals surface area contributed by atoms with Gasteiger partial charge in [-0.2, -0.15) is 0 Å². The molecule has 0 fully saturated rings. The van der Waals surface area contributed by atoms with Crippen molar-refractivity contribution in [3.63, 3.8) is 0 Å². The van der Waals surface area contributed by atoms with Gasteiger partial charge in [0, 0.05) is 12.1 Å². The van der Waals surface area contributed by atoms with Crippen LogP contribution < -0.4 is 5.32 Å². The summed E-state index contributed by atoms with van der Waals surface area (Å²) in [6.45, 7) is 8.49. The van der Waals surface area contributed by atoms with Gasteiger partial charge in [-0.25, -0.2) is 9.97 Å². The van der Waals surface area contributed by atoms with Crippen molar-refractivity contribution in [1.82, 2.24) is 15.3 Å². The fraction of sp³-hybridized carbons (Fsp3) is 0.250. The van der Waals surface area contributed by atoms with Gasteiger partial charge in [0.05, 0.1) is 22.4 Å². The first-order chi connectivity index (χ1) is 11.4. The van der Waals surface area contributed by atoms with Crippen LogP contribution in [0.5, 0.6) is 0 Å². The second-order valence-electron chi connectivity index (χ2n) is 6.21. The van der Waals surface area contributed by atoms with Crippen molar-refractivity contribution in [2.45, 2.75) is 34.2 Å². The van der Waals surface area contributed by atoms with Crippen LogP contribution in [0.3, 0.4) is 0 Å². The lowest BCUT2D eigenvalue weighted by Crippen LogP contribution is -2.23. The second-order valence-corrected chi connectivity index (χ2v) is 6.21. The van der Waals surface area contributed by atoms with E-state index in [2.05, 4.69) is 47.3 Å². The molecule has 0 unspecified atom stereocenters. The molecule has 1 heterocycles. The van der Waals surface area contributed by atoms with Crippen LogP contribution in [-0.2, 0) is 6.54 Å². The maximum absolute atomic E-state index is 12.5. The molecule has 0 bridgehead atoms. The Labute approximate surface area is 142 Å². The first-order valence-electron chi connectivity index (χ1n) is 8.03. The molecule has 122 valence electrons. The molecule has 0 aliphatic rings. The van der Waals surface area contributed by atoms with Crippen molar-refractivity contribution in [2.75, 3.05) is 0 Å². The number of nitrogens with one attached hydrogen (secondary N) is 1. The van der Waals surface area contributed by atoms with Crippen LogP contribution in [0, 0.1) is 27.7 Å². The zero-order valence-electron chi connectivity index (χ0n) is 14.5. The molecule has 0 aliphatic carbocycles. The number of rotatable bonds is 3. The molecule has 3 aromatic rings. The Hall–Kier alpha value is -2.75. The molecule has 0 radical (unpaired) electrons. The SMILES string of the molecule is Cc1ccc(C)c(CNC(=O)c2ccc3nc(C)c(C)nc3c2)c1. The summed E-state index contributed by atoms with van der Waals surface area (Å²) < 4.78 is 0. The van der Waals surface area contributed by atoms with Gasteiger partial charge < -0.3 is 5.32 Å². The van der Waals surface area contributed by atoms with Crippen LogP contribution in [0.25, 0.3) is 11.0 Å². The van der Waals surface area contributed by atoms with Gasteiger partial charge in [0.25, 0.3) is 5.91 Å². The fourth-order valence-corrected chi connectivity index (χ4v) is 2.64. The van der Waals surface area contributed by atoms with E-state index in [1.165, 1.54) is 11.1 Å². The number of aryl methyl sites for hydroxylation is 4. The zero-order valence-corrected chi connectivity index (χ0v) is 14.5. The van der Waals surface area contributed by atoms with Crippen molar-refractivity contribution < 1.29 is 4.79 Å². The van der Waals surface area contributed by atoms with Gasteiger partial charge in [-0.1, -0.05) is 23.8 Å². The molecule has 0 spiro atoms. The molecule has 3 rings (SSSR count). The van der Waals surface area contributed by atoms with Crippen molar-refractivity contribution in [3.8, 4) is 0 Å². The summed E-state index contributed by atoms with van der Waals surface area (Å²) >= 11 is 0. The van der Waals surface area contributed by atoms with E-state index in [9.17, 15) is 4.79 Å². The van der Waals surface area contributed by atoms with E-state index in [1.807, 2.05) is 19.9 Å². The Morgan fingerprint density at radius 3 is 2.38 bits per heavy atom. The molecule has 4 heteroatoms. The third-order valence-electron chi connectivity index (χ3n) is 4.28. The van der Waals surface area contributed by atoms with Crippen LogP contribution in [0.4, 0.5) is 0 Å². The maximum atomic E-state index is 12.5. The number of carbonyl (C=O) groups excluding carboxylic acids is 1. The average Bonchev–Trinajstić information content (AvgIpc) is 2.56. The number of fused-ring (bicyclic) bond motifs is 1. The van der Waals surface area contributed by atoms with Gasteiger partial charge in [0.1, 0.15) is 0 Å². The third-order valence-corrected chi connectivity index (χ3v) is 4.28. The molecule has 0 saturated heterocycles. The van der Waals surface area contributed by atoms with Gasteiger partial charge in [-0.3, -0.25) is 4.79 Å². The Morgan fingerprint density at radius 2 is 1.62 bits per heavy atom. The topological polar surface area (TPSA) is 54.9 Å². The van der Waals surface area contributed by atoms with Crippen molar-refractivity contribution in [3.05, 3.63) is 70.0 Å². The van der Waals surface area contributed by atoms with E-state index >= 15 is 0 Å². The Morgan fingerprint density at radius 1 is 0.917 bits per heavy atom. The zero-order chi connectivity index (χ0) is 17.3. The molecular formula is C20H21N3O. The third kappa shape index (κ3) is 3.27. The minimum Gasteiger partial charge on any atom is -0.348 e. The molecular weight excluding hydrogens is 298 g/mol. The van der Waals surface area contributed by atoms with Crippen LogP contribution in [-0.4, -0.2) is 15.9 Å². The minimum atomic E-state index is -0.0992. The lowest BCUT2D eigenvalue weighted by atomic mass is 10.1. The molecule has 0 aliphatic heterocycles. The van der Waals surface area contributed by atoms with E-state index in [0.29, 0.717) is 12.1 Å². The first-order valence-corrected chi connectivity index (χ1v) is 8.03. The van der Waals surface area contributed by atoms with E-state index < -0.39 is 0 Å². The van der Waals surface area contributed by atoms with Crippen LogP contribution in [0.2, 0.25) is 0 Å². The number of benzene rings is 2. The number of hydrogen-bond acceptors (Lipinski definition) is 3. The molecule has 2 aromatic carbocycles. The first kappa shape index (κ1) is 16.1. The lowest BCUT2D eigenvalue weighted by Gasteiger charge is -2.10. The normalized spacial score (nSPS) is 10.8. The van der Waals surface area contributed by atoms with Crippen LogP contribution in [0.15, 0.2) is 36.4 Å². The number of carbonyl (C=O) groups is 1. The highest BCUT2D eigenvalue weighted by Gasteiger charge is 2.09. The van der Waals surface area contributed by atoms with Gasteiger partial charge in [0.2, 0.25) is 0 Å². The molecule has 1 amide bonds. The van der Waals surface area contributed by atoms with Crippen LogP contribution in [0.1, 0.15) is 38.4 Å². The predicted octanol–water partition coefficient (Wildman–Crippen LogP) is 3.79. The van der Waals surface area contributed by atoms with E-state index in [0.717, 1.165) is 28.0 Å². The van der Waals surface area contributed by atoms with Gasteiger partial charge in [-0.15, -0.1) is 0 Å². The predicted molar refractivity (Wildman–Crippen MR) is 96.1 cm³/mol. The average molecular weight is 319 g/mol. The Balaban J connectivity index is 1.81. The summed E-state index contributed by atoms with van der Waals surface area (Å²) in [5.74, 6) is -0.0992. The number of amides is 1. The standard InChI is InChI=1S/C20H21N3O/c1-12-5-6-13(2)17(9-12)11-21-20(24)16-7-8-18-19(10-16)23-15(4)14(3)22-18/h5-10H,11H2,1-4H3,(H,21,24). The van der Waals surface area contributed by atoms with Crippen molar-refractivity contribution in [2.24, 2.45) is 0 Å². The second kappa shape index (κ2) is 6.40. The molecule has 0 atom stereocenters. The Bertz CT molecular complexity index is 932. The fourth-order valence-electron chi connectivity index (χ4n) is 2.64. The van der Waals surface area contributed by atoms with Crippen LogP contribution >= 0.6 is 0 Å². The molecule has 1 aromatic heterocycles. The summed E-state index contributed by atoms with van der Waals surface area (Å²) in [7, 11) is 0. The van der Waals surface area contributed by atoms with Gasteiger partial charge >= 0.3 is 0 Å². The van der Waals surface area contributed by atoms with Crippen molar-refractivity contribution in [1.29, 1.82) is 0 Å². The monoisotopic (exact) mass is 319 g/mol. The molecule has 0 saturated carbocycles. The summed E-state index contributed by atoms with van der Waals surface area (Å²) in [4.78, 5) is 21.5. The minimum absolute atomic E-state index is 0.0992. The largest absolute Gasteiger partial charge is 0.348 e. The van der Waals surface area contributed by atoms with E-state index in [-0.39, 0.29) is 5.91 Å². The molecule has 1 N–H and O–H groups in total. The molecule has 4 nitrogen and oxygen atoms in total. The number of hydrogen-bond donors (Lipinski definition) is 1. The smallest absolute Gasteiger partial charge is 0.251 e. The summed E-state index contributed by atoms with van der Waals surface area (Å²) in [6, 6.07) is 11.7. The highest BCUT2D eigenvalue weighted by Crippen LogP contribution is 2.15. The van der Waals surface area contributed by atoms with Crippen molar-refractivity contribution >= 4 is 16.9 Å². The Kier molecular flexibility index (Phi) is 4.30. The molecule has 24 heavy (non-hydrogen) atoms. The number of nitrogens with zero attached hydrogens (tertiary/aromatic N) is 2. The maximum Gasteiger partial charge on any atom is 0.251 e. The summed E-state index contributed by atoms with van der Waals surface area (Å²) in [5.41, 5.74) is 7.46. The highest BCUT2D eigenvalue weighted by atomic mass is 16.1. The van der Waals surface area contributed by atoms with E-state index in [1.54, 1.807) is 12.1 Å². The van der Waals surface area contributed by atoms with E-state index in [4.69, 9.17) is 0 Å². The van der Waals surface area contributed by atoms with Gasteiger partial charge in [0.15, 0.2) is 0 Å². The summed E-state index contributed by atoms with van der Waals surface area (Å²) in [6.07, 6.45) is 0. The number of aromatic nitrogens is 2.